The summed E-state index contributed by atoms with van der Waals surface area (Å²) in [4.78, 5) is 0. The zero-order chi connectivity index (χ0) is 5.86. The third-order valence-electron chi connectivity index (χ3n) is 0.394. The lowest BCUT2D eigenvalue weighted by Crippen LogP contribution is -1.89. The summed E-state index contributed by atoms with van der Waals surface area (Å²) in [6, 6.07) is 0. The molecule has 0 unspecified atom stereocenters. The molecule has 0 saturated carbocycles. The topological polar surface area (TPSA) is 46.2 Å². The predicted molar refractivity (Wildman–Crippen MR) is 29.7 cm³/mol. The number of aliphatic hydroxyl groups excluding tert-OH is 1. The van der Waals surface area contributed by atoms with Gasteiger partial charge in [-0.15, -0.1) is 0 Å². The van der Waals surface area contributed by atoms with Crippen molar-refractivity contribution in [1.82, 2.24) is 0 Å². The maximum Gasteiger partial charge on any atom is 0.110 e. The molecule has 0 aliphatic carbocycles. The molecule has 0 spiro atoms. The van der Waals surface area contributed by atoms with Crippen LogP contribution in [0.15, 0.2) is 24.1 Å². The Kier molecular flexibility index (Phi) is 1.99. The lowest BCUT2D eigenvalue weighted by molar-refractivity contribution is 0.434. The minimum Gasteiger partial charge on any atom is -0.509 e. The molecule has 0 amide bonds. The first-order chi connectivity index (χ1) is 3.13. The van der Waals surface area contributed by atoms with E-state index in [0.29, 0.717) is 5.70 Å². The molecule has 3 N–H and O–H groups in total. The van der Waals surface area contributed by atoms with Gasteiger partial charge >= 0.3 is 0 Å². The Labute approximate surface area is 43.0 Å². The van der Waals surface area contributed by atoms with Crippen LogP contribution in [0.4, 0.5) is 0 Å². The molecule has 2 nitrogen and oxygen atoms in total. The van der Waals surface area contributed by atoms with Gasteiger partial charge in [-0.1, -0.05) is 6.58 Å². The van der Waals surface area contributed by atoms with Crippen LogP contribution < -0.4 is 5.73 Å². The molecule has 2 heteroatoms. The minimum atomic E-state index is 0.000000000000000444. The summed E-state index contributed by atoms with van der Waals surface area (Å²) < 4.78 is 0. The maximum atomic E-state index is 8.37. The summed E-state index contributed by atoms with van der Waals surface area (Å²) in [5, 5.41) is 8.37. The molecular weight excluding hydrogens is 90.1 g/mol. The zero-order valence-corrected chi connectivity index (χ0v) is 4.31. The van der Waals surface area contributed by atoms with Gasteiger partial charge in [-0.05, 0) is 13.0 Å². The molecule has 0 rings (SSSR count). The molecule has 0 saturated heterocycles. The zero-order valence-electron chi connectivity index (χ0n) is 4.31. The smallest absolute Gasteiger partial charge is 0.110 e. The van der Waals surface area contributed by atoms with Gasteiger partial charge in [0.1, 0.15) is 5.76 Å². The Bertz CT molecular complexity index is 101. The summed E-state index contributed by atoms with van der Waals surface area (Å²) in [5.74, 6) is 0.000000000000000444. The summed E-state index contributed by atoms with van der Waals surface area (Å²) >= 11 is 0. The molecule has 0 radical (unpaired) electrons. The fourth-order valence-electron chi connectivity index (χ4n) is 0.263. The highest BCUT2D eigenvalue weighted by Gasteiger charge is 1.76. The van der Waals surface area contributed by atoms with Crippen LogP contribution in [0.25, 0.3) is 0 Å². The van der Waals surface area contributed by atoms with Crippen LogP contribution in [0, 0.1) is 0 Å². The summed E-state index contributed by atoms with van der Waals surface area (Å²) in [7, 11) is 0. The first kappa shape index (κ1) is 6.08. The van der Waals surface area contributed by atoms with E-state index in [1.54, 1.807) is 6.92 Å². The van der Waals surface area contributed by atoms with Crippen LogP contribution in [0.3, 0.4) is 0 Å². The normalized spacial score (nSPS) is 11.3. The molecule has 0 bridgehead atoms. The van der Waals surface area contributed by atoms with Gasteiger partial charge in [-0.25, -0.2) is 0 Å². The van der Waals surface area contributed by atoms with Crippen LogP contribution in [0.1, 0.15) is 6.92 Å². The average Bonchev–Trinajstić information content (AvgIpc) is 1.27. The Balaban J connectivity index is 3.68. The maximum absolute atomic E-state index is 8.37. The highest BCUT2D eigenvalue weighted by molar-refractivity contribution is 5.09. The summed E-state index contributed by atoms with van der Waals surface area (Å²) in [6.45, 7) is 4.88. The number of nitrogens with two attached hydrogens (primary N) is 1. The first-order valence-electron chi connectivity index (χ1n) is 1.94. The summed E-state index contributed by atoms with van der Waals surface area (Å²) in [6.07, 6.45) is 1.39. The second-order valence-electron chi connectivity index (χ2n) is 1.38. The van der Waals surface area contributed by atoms with Crippen molar-refractivity contribution in [1.29, 1.82) is 0 Å². The summed E-state index contributed by atoms with van der Waals surface area (Å²) in [5.41, 5.74) is 5.70. The number of hydrogen-bond donors (Lipinski definition) is 2. The molecule has 7 heavy (non-hydrogen) atoms. The van der Waals surface area contributed by atoms with Crippen LogP contribution in [-0.2, 0) is 0 Å². The van der Waals surface area contributed by atoms with Crippen molar-refractivity contribution in [2.75, 3.05) is 0 Å². The van der Waals surface area contributed by atoms with Crippen LogP contribution >= 0.6 is 0 Å². The Morgan fingerprint density at radius 2 is 2.29 bits per heavy atom. The van der Waals surface area contributed by atoms with Gasteiger partial charge in [0.15, 0.2) is 0 Å². The van der Waals surface area contributed by atoms with Crippen molar-refractivity contribution in [3.05, 3.63) is 24.1 Å². The fraction of sp³-hybridized carbons (Fsp3) is 0.200. The lowest BCUT2D eigenvalue weighted by atomic mass is 10.4. The number of aliphatic hydroxyl groups is 1. The van der Waals surface area contributed by atoms with Gasteiger partial charge in [-0.3, -0.25) is 0 Å². The lowest BCUT2D eigenvalue weighted by Gasteiger charge is -1.85. The average molecular weight is 99.1 g/mol. The first-order valence-corrected chi connectivity index (χ1v) is 1.94. The Morgan fingerprint density at radius 1 is 1.86 bits per heavy atom. The second kappa shape index (κ2) is 2.29. The molecule has 0 fully saturated rings. The molecular formula is C5H9NO. The van der Waals surface area contributed by atoms with Gasteiger partial charge < -0.3 is 10.8 Å². The monoisotopic (exact) mass is 99.1 g/mol. The van der Waals surface area contributed by atoms with E-state index >= 15 is 0 Å². The quantitative estimate of drug-likeness (QED) is 0.379. The number of allylic oxidation sites excluding steroid dienone is 2. The van der Waals surface area contributed by atoms with Gasteiger partial charge in [0.2, 0.25) is 0 Å². The highest BCUT2D eigenvalue weighted by atomic mass is 16.3. The van der Waals surface area contributed by atoms with E-state index in [1.165, 1.54) is 6.08 Å². The Hall–Kier alpha value is -0.920. The van der Waals surface area contributed by atoms with Gasteiger partial charge in [0.25, 0.3) is 0 Å². The van der Waals surface area contributed by atoms with E-state index in [1.807, 2.05) is 0 Å². The molecule has 0 aromatic rings. The van der Waals surface area contributed by atoms with Crippen LogP contribution in [0.2, 0.25) is 0 Å². The van der Waals surface area contributed by atoms with E-state index in [9.17, 15) is 0 Å². The van der Waals surface area contributed by atoms with Crippen molar-refractivity contribution in [2.45, 2.75) is 6.92 Å². The molecule has 0 aliphatic rings. The molecule has 0 atom stereocenters. The highest BCUT2D eigenvalue weighted by Crippen LogP contribution is 1.86. The van der Waals surface area contributed by atoms with Crippen LogP contribution in [0.5, 0.6) is 0 Å². The molecule has 0 aliphatic heterocycles. The third kappa shape index (κ3) is 5.08. The SMILES string of the molecule is C=C(O)/C=C(\C)N. The second-order valence-corrected chi connectivity index (χ2v) is 1.38. The minimum absolute atomic E-state index is 0.000000000000000444. The molecule has 0 aromatic heterocycles. The predicted octanol–water partition coefficient (Wildman–Crippen LogP) is 0.921. The van der Waals surface area contributed by atoms with E-state index in [4.69, 9.17) is 10.8 Å². The van der Waals surface area contributed by atoms with Gasteiger partial charge in [0.05, 0.1) is 0 Å². The van der Waals surface area contributed by atoms with Gasteiger partial charge in [0, 0.05) is 5.70 Å². The van der Waals surface area contributed by atoms with Crippen LogP contribution in [-0.4, -0.2) is 5.11 Å². The fourth-order valence-corrected chi connectivity index (χ4v) is 0.263. The molecule has 0 aromatic carbocycles. The molecule has 40 valence electrons. The Morgan fingerprint density at radius 3 is 2.29 bits per heavy atom. The van der Waals surface area contributed by atoms with E-state index < -0.39 is 0 Å². The number of hydrogen-bond acceptors (Lipinski definition) is 2. The standard InChI is InChI=1S/C5H9NO/c1-4(6)3-5(2)7/h3,7H,2,6H2,1H3/b4-3+. The third-order valence-corrected chi connectivity index (χ3v) is 0.394. The van der Waals surface area contributed by atoms with E-state index in [0.717, 1.165) is 0 Å². The van der Waals surface area contributed by atoms with Crippen molar-refractivity contribution < 1.29 is 5.11 Å². The van der Waals surface area contributed by atoms with Crippen molar-refractivity contribution >= 4 is 0 Å². The van der Waals surface area contributed by atoms with E-state index in [-0.39, 0.29) is 5.76 Å². The van der Waals surface area contributed by atoms with Gasteiger partial charge in [-0.2, -0.15) is 0 Å². The molecule has 0 heterocycles. The largest absolute Gasteiger partial charge is 0.509 e. The van der Waals surface area contributed by atoms with Crippen molar-refractivity contribution in [3.63, 3.8) is 0 Å². The van der Waals surface area contributed by atoms with Crippen molar-refractivity contribution in [2.24, 2.45) is 5.73 Å². The van der Waals surface area contributed by atoms with Crippen molar-refractivity contribution in [3.8, 4) is 0 Å². The number of rotatable bonds is 1. The van der Waals surface area contributed by atoms with E-state index in [2.05, 4.69) is 6.58 Å².